The van der Waals surface area contributed by atoms with Crippen LogP contribution in [-0.4, -0.2) is 9.97 Å². The molecule has 0 unspecified atom stereocenters. The maximum absolute atomic E-state index is 4.77. The molecule has 0 aliphatic rings. The second kappa shape index (κ2) is 6.32. The van der Waals surface area contributed by atoms with Crippen molar-refractivity contribution in [3.63, 3.8) is 0 Å². The van der Waals surface area contributed by atoms with Crippen LogP contribution in [-0.2, 0) is 6.42 Å². The molecule has 1 aromatic heterocycles. The molecular formula is C17H14BrIN2. The lowest BCUT2D eigenvalue weighted by Crippen LogP contribution is -1.92. The summed E-state index contributed by atoms with van der Waals surface area (Å²) in [5.74, 6) is 0.936. The van der Waals surface area contributed by atoms with E-state index in [0.29, 0.717) is 0 Å². The molecule has 4 heteroatoms. The van der Waals surface area contributed by atoms with Gasteiger partial charge in [0.25, 0.3) is 0 Å². The number of H-pyrrole nitrogens is 1. The van der Waals surface area contributed by atoms with Gasteiger partial charge in [-0.05, 0) is 53.3 Å². The van der Waals surface area contributed by atoms with Gasteiger partial charge in [-0.1, -0.05) is 46.3 Å². The van der Waals surface area contributed by atoms with Crippen LogP contribution < -0.4 is 0 Å². The second-order valence-electron chi connectivity index (χ2n) is 4.93. The molecule has 3 aromatic rings. The lowest BCUT2D eigenvalue weighted by molar-refractivity contribution is 1.07. The molecule has 0 fully saturated rings. The van der Waals surface area contributed by atoms with Gasteiger partial charge in [-0.2, -0.15) is 0 Å². The summed E-state index contributed by atoms with van der Waals surface area (Å²) >= 11 is 5.91. The highest BCUT2D eigenvalue weighted by molar-refractivity contribution is 14.1. The van der Waals surface area contributed by atoms with Crippen LogP contribution in [0, 0.1) is 10.5 Å². The first-order chi connectivity index (χ1) is 10.1. The predicted molar refractivity (Wildman–Crippen MR) is 98.4 cm³/mol. The molecule has 0 bridgehead atoms. The standard InChI is InChI=1S/C17H14BrIN2/c1-11-16(10-13-4-2-3-5-15(13)18)21-17(20-11)12-6-8-14(19)9-7-12/h2-9H,10H2,1H3,(H,20,21). The first-order valence-corrected chi connectivity index (χ1v) is 8.55. The minimum Gasteiger partial charge on any atom is -0.342 e. The molecule has 0 aliphatic carbocycles. The lowest BCUT2D eigenvalue weighted by atomic mass is 10.1. The van der Waals surface area contributed by atoms with Crippen LogP contribution in [0.3, 0.4) is 0 Å². The van der Waals surface area contributed by atoms with Crippen molar-refractivity contribution in [2.45, 2.75) is 13.3 Å². The van der Waals surface area contributed by atoms with Gasteiger partial charge in [-0.15, -0.1) is 0 Å². The molecule has 106 valence electrons. The third-order valence-electron chi connectivity index (χ3n) is 3.42. The van der Waals surface area contributed by atoms with Crippen molar-refractivity contribution in [3.8, 4) is 11.4 Å². The second-order valence-corrected chi connectivity index (χ2v) is 7.03. The van der Waals surface area contributed by atoms with E-state index in [2.05, 4.69) is 92.9 Å². The van der Waals surface area contributed by atoms with Gasteiger partial charge in [0.2, 0.25) is 0 Å². The van der Waals surface area contributed by atoms with E-state index in [-0.39, 0.29) is 0 Å². The van der Waals surface area contributed by atoms with Gasteiger partial charge < -0.3 is 4.98 Å². The van der Waals surface area contributed by atoms with Crippen LogP contribution in [0.2, 0.25) is 0 Å². The molecule has 0 atom stereocenters. The Bertz CT molecular complexity index is 763. The molecule has 0 radical (unpaired) electrons. The topological polar surface area (TPSA) is 28.7 Å². The Balaban J connectivity index is 1.91. The zero-order valence-electron chi connectivity index (χ0n) is 11.5. The van der Waals surface area contributed by atoms with Crippen molar-refractivity contribution < 1.29 is 0 Å². The van der Waals surface area contributed by atoms with Gasteiger partial charge in [0.15, 0.2) is 0 Å². The van der Waals surface area contributed by atoms with E-state index in [1.807, 2.05) is 6.07 Å². The molecule has 2 aromatic carbocycles. The van der Waals surface area contributed by atoms with Gasteiger partial charge >= 0.3 is 0 Å². The van der Waals surface area contributed by atoms with E-state index < -0.39 is 0 Å². The summed E-state index contributed by atoms with van der Waals surface area (Å²) in [6.07, 6.45) is 0.828. The fourth-order valence-electron chi connectivity index (χ4n) is 2.24. The Labute approximate surface area is 146 Å². The predicted octanol–water partition coefficient (Wildman–Crippen LogP) is 5.34. The minimum atomic E-state index is 0.828. The van der Waals surface area contributed by atoms with E-state index in [9.17, 15) is 0 Å². The Hall–Kier alpha value is -1.14. The van der Waals surface area contributed by atoms with Gasteiger partial charge in [-0.25, -0.2) is 4.98 Å². The van der Waals surface area contributed by atoms with Crippen LogP contribution in [0.1, 0.15) is 17.0 Å². The fraction of sp³-hybridized carbons (Fsp3) is 0.118. The van der Waals surface area contributed by atoms with Gasteiger partial charge in [0.05, 0.1) is 5.69 Å². The molecule has 2 nitrogen and oxygen atoms in total. The van der Waals surface area contributed by atoms with E-state index in [1.54, 1.807) is 0 Å². The number of aromatic nitrogens is 2. The van der Waals surface area contributed by atoms with E-state index in [4.69, 9.17) is 4.98 Å². The molecule has 1 N–H and O–H groups in total. The highest BCUT2D eigenvalue weighted by Gasteiger charge is 2.10. The highest BCUT2D eigenvalue weighted by atomic mass is 127. The maximum Gasteiger partial charge on any atom is 0.137 e. The number of hydrogen-bond acceptors (Lipinski definition) is 1. The number of aromatic amines is 1. The average Bonchev–Trinajstić information content (AvgIpc) is 2.83. The number of nitrogens with one attached hydrogen (secondary N) is 1. The third-order valence-corrected chi connectivity index (χ3v) is 4.91. The SMILES string of the molecule is Cc1[nH]c(-c2ccc(I)cc2)nc1Cc1ccccc1Br. The van der Waals surface area contributed by atoms with Crippen molar-refractivity contribution in [3.05, 3.63) is 73.5 Å². The molecule has 0 amide bonds. The van der Waals surface area contributed by atoms with Gasteiger partial charge in [0, 0.05) is 25.7 Å². The minimum absolute atomic E-state index is 0.828. The Kier molecular flexibility index (Phi) is 4.45. The summed E-state index contributed by atoms with van der Waals surface area (Å²) in [5, 5.41) is 0. The molecule has 0 spiro atoms. The van der Waals surface area contributed by atoms with Crippen LogP contribution in [0.5, 0.6) is 0 Å². The number of imidazole rings is 1. The van der Waals surface area contributed by atoms with E-state index in [0.717, 1.165) is 33.7 Å². The maximum atomic E-state index is 4.77. The summed E-state index contributed by atoms with van der Waals surface area (Å²) in [5.41, 5.74) is 4.59. The van der Waals surface area contributed by atoms with Crippen LogP contribution in [0.4, 0.5) is 0 Å². The zero-order valence-corrected chi connectivity index (χ0v) is 15.3. The number of rotatable bonds is 3. The Morgan fingerprint density at radius 2 is 1.81 bits per heavy atom. The van der Waals surface area contributed by atoms with Crippen LogP contribution in [0.15, 0.2) is 53.0 Å². The first-order valence-electron chi connectivity index (χ1n) is 6.68. The molecule has 0 aliphatic heterocycles. The van der Waals surface area contributed by atoms with E-state index in [1.165, 1.54) is 9.13 Å². The van der Waals surface area contributed by atoms with Crippen molar-refractivity contribution >= 4 is 38.5 Å². The number of benzene rings is 2. The number of hydrogen-bond donors (Lipinski definition) is 1. The van der Waals surface area contributed by atoms with Crippen molar-refractivity contribution in [2.75, 3.05) is 0 Å². The summed E-state index contributed by atoms with van der Waals surface area (Å²) in [4.78, 5) is 8.16. The number of nitrogens with zero attached hydrogens (tertiary/aromatic N) is 1. The highest BCUT2D eigenvalue weighted by Crippen LogP contribution is 2.23. The monoisotopic (exact) mass is 452 g/mol. The zero-order chi connectivity index (χ0) is 14.8. The first kappa shape index (κ1) is 14.8. The molecule has 0 saturated heterocycles. The molecule has 3 rings (SSSR count). The number of halogens is 2. The average molecular weight is 453 g/mol. The lowest BCUT2D eigenvalue weighted by Gasteiger charge is -2.02. The summed E-state index contributed by atoms with van der Waals surface area (Å²) in [6, 6.07) is 16.7. The van der Waals surface area contributed by atoms with Crippen LogP contribution >= 0.6 is 38.5 Å². The molecule has 0 saturated carbocycles. The number of aryl methyl sites for hydroxylation is 1. The quantitative estimate of drug-likeness (QED) is 0.533. The van der Waals surface area contributed by atoms with Crippen LogP contribution in [0.25, 0.3) is 11.4 Å². The summed E-state index contributed by atoms with van der Waals surface area (Å²) < 4.78 is 2.36. The summed E-state index contributed by atoms with van der Waals surface area (Å²) in [6.45, 7) is 2.08. The summed E-state index contributed by atoms with van der Waals surface area (Å²) in [7, 11) is 0. The van der Waals surface area contributed by atoms with Crippen molar-refractivity contribution in [1.29, 1.82) is 0 Å². The van der Waals surface area contributed by atoms with Crippen molar-refractivity contribution in [2.24, 2.45) is 0 Å². The third kappa shape index (κ3) is 3.37. The molecule has 21 heavy (non-hydrogen) atoms. The van der Waals surface area contributed by atoms with E-state index >= 15 is 0 Å². The molecular weight excluding hydrogens is 439 g/mol. The normalized spacial score (nSPS) is 10.8. The Morgan fingerprint density at radius 1 is 1.10 bits per heavy atom. The fourth-order valence-corrected chi connectivity index (χ4v) is 3.02. The molecule has 1 heterocycles. The Morgan fingerprint density at radius 3 is 2.52 bits per heavy atom. The van der Waals surface area contributed by atoms with Crippen molar-refractivity contribution in [1.82, 2.24) is 9.97 Å². The van der Waals surface area contributed by atoms with Gasteiger partial charge in [0.1, 0.15) is 5.82 Å². The van der Waals surface area contributed by atoms with Gasteiger partial charge in [-0.3, -0.25) is 0 Å². The smallest absolute Gasteiger partial charge is 0.137 e. The largest absolute Gasteiger partial charge is 0.342 e.